The van der Waals surface area contributed by atoms with Crippen molar-refractivity contribution < 1.29 is 4.79 Å². The van der Waals surface area contributed by atoms with Crippen molar-refractivity contribution in [2.24, 2.45) is 0 Å². The van der Waals surface area contributed by atoms with Crippen molar-refractivity contribution in [3.05, 3.63) is 24.0 Å². The number of nitrogens with one attached hydrogen (secondary N) is 3. The molecule has 3 N–H and O–H groups in total. The van der Waals surface area contributed by atoms with Gasteiger partial charge in [-0.05, 0) is 31.5 Å². The summed E-state index contributed by atoms with van der Waals surface area (Å²) in [5.74, 6) is -0.0105. The van der Waals surface area contributed by atoms with Gasteiger partial charge in [0.25, 0.3) is 5.91 Å². The summed E-state index contributed by atoms with van der Waals surface area (Å²) in [6.45, 7) is 1.95. The highest BCUT2D eigenvalue weighted by Crippen LogP contribution is 2.02. The van der Waals surface area contributed by atoms with E-state index in [4.69, 9.17) is 0 Å². The minimum absolute atomic E-state index is 0.0105. The Labute approximate surface area is 83.1 Å². The van der Waals surface area contributed by atoms with Crippen LogP contribution in [-0.2, 0) is 0 Å². The summed E-state index contributed by atoms with van der Waals surface area (Å²) in [6, 6.07) is 3.89. The van der Waals surface area contributed by atoms with Gasteiger partial charge in [-0.1, -0.05) is 0 Å². The van der Waals surface area contributed by atoms with E-state index >= 15 is 0 Å². The highest BCUT2D eigenvalue weighted by atomic mass is 16.1. The lowest BCUT2D eigenvalue weighted by Gasteiger charge is -2.23. The first-order valence-electron chi connectivity index (χ1n) is 5.01. The van der Waals surface area contributed by atoms with E-state index in [1.807, 2.05) is 6.07 Å². The van der Waals surface area contributed by atoms with E-state index in [9.17, 15) is 4.79 Å². The number of carbonyl (C=O) groups is 1. The molecule has 1 aromatic rings. The lowest BCUT2D eigenvalue weighted by Crippen LogP contribution is -2.45. The van der Waals surface area contributed by atoms with Crippen LogP contribution in [0.3, 0.4) is 0 Å². The van der Waals surface area contributed by atoms with Crippen molar-refractivity contribution in [1.29, 1.82) is 0 Å². The molecule has 1 aliphatic rings. The topological polar surface area (TPSA) is 56.9 Å². The molecule has 0 bridgehead atoms. The molecule has 4 nitrogen and oxygen atoms in total. The minimum Gasteiger partial charge on any atom is -0.357 e. The number of amides is 1. The number of H-pyrrole nitrogens is 1. The second-order valence-corrected chi connectivity index (χ2v) is 3.60. The molecule has 1 aliphatic heterocycles. The molecular formula is C10H15N3O. The Kier molecular flexibility index (Phi) is 2.84. The van der Waals surface area contributed by atoms with E-state index in [2.05, 4.69) is 15.6 Å². The van der Waals surface area contributed by atoms with Gasteiger partial charge in [0.15, 0.2) is 0 Å². The number of aromatic amines is 1. The molecule has 0 unspecified atom stereocenters. The summed E-state index contributed by atoms with van der Waals surface area (Å²) >= 11 is 0. The highest BCUT2D eigenvalue weighted by Gasteiger charge is 2.16. The van der Waals surface area contributed by atoms with Gasteiger partial charge in [-0.15, -0.1) is 0 Å². The lowest BCUT2D eigenvalue weighted by atomic mass is 10.1. The molecule has 0 aromatic carbocycles. The molecule has 0 saturated carbocycles. The standard InChI is InChI=1S/C10H15N3O/c14-10(9-4-2-6-12-9)13-8-3-1-5-11-7-8/h2,4,6,8,11-12H,1,3,5,7H2,(H,13,14)/t8-/m1/s1. The lowest BCUT2D eigenvalue weighted by molar-refractivity contribution is 0.0926. The van der Waals surface area contributed by atoms with E-state index in [1.54, 1.807) is 12.3 Å². The smallest absolute Gasteiger partial charge is 0.267 e. The fraction of sp³-hybridized carbons (Fsp3) is 0.500. The summed E-state index contributed by atoms with van der Waals surface area (Å²) in [5, 5.41) is 6.25. The third-order valence-electron chi connectivity index (χ3n) is 2.47. The molecular weight excluding hydrogens is 178 g/mol. The van der Waals surface area contributed by atoms with Gasteiger partial charge in [-0.25, -0.2) is 0 Å². The van der Waals surface area contributed by atoms with E-state index in [0.29, 0.717) is 5.69 Å². The highest BCUT2D eigenvalue weighted by molar-refractivity contribution is 5.92. The monoisotopic (exact) mass is 193 g/mol. The van der Waals surface area contributed by atoms with Crippen molar-refractivity contribution >= 4 is 5.91 Å². The molecule has 1 fully saturated rings. The summed E-state index contributed by atoms with van der Waals surface area (Å²) in [7, 11) is 0. The fourth-order valence-electron chi connectivity index (χ4n) is 1.71. The minimum atomic E-state index is -0.0105. The van der Waals surface area contributed by atoms with Crippen LogP contribution in [0.25, 0.3) is 0 Å². The number of aromatic nitrogens is 1. The van der Waals surface area contributed by atoms with Crippen molar-refractivity contribution in [1.82, 2.24) is 15.6 Å². The van der Waals surface area contributed by atoms with Crippen LogP contribution < -0.4 is 10.6 Å². The van der Waals surface area contributed by atoms with Gasteiger partial charge in [0.2, 0.25) is 0 Å². The summed E-state index contributed by atoms with van der Waals surface area (Å²) in [6.07, 6.45) is 3.96. The van der Waals surface area contributed by atoms with Crippen LogP contribution >= 0.6 is 0 Å². The maximum atomic E-state index is 11.6. The van der Waals surface area contributed by atoms with Gasteiger partial charge >= 0.3 is 0 Å². The molecule has 76 valence electrons. The molecule has 4 heteroatoms. The first kappa shape index (κ1) is 9.27. The molecule has 2 rings (SSSR count). The van der Waals surface area contributed by atoms with E-state index in [-0.39, 0.29) is 11.9 Å². The average molecular weight is 193 g/mol. The number of hydrogen-bond donors (Lipinski definition) is 3. The largest absolute Gasteiger partial charge is 0.357 e. The summed E-state index contributed by atoms with van der Waals surface area (Å²) in [5.41, 5.74) is 0.635. The maximum Gasteiger partial charge on any atom is 0.267 e. The zero-order valence-electron chi connectivity index (χ0n) is 8.05. The summed E-state index contributed by atoms with van der Waals surface area (Å²) in [4.78, 5) is 14.5. The third kappa shape index (κ3) is 2.14. The SMILES string of the molecule is O=C(N[C@@H]1CCCNC1)c1ccc[nH]1. The second-order valence-electron chi connectivity index (χ2n) is 3.60. The van der Waals surface area contributed by atoms with Crippen LogP contribution in [0.2, 0.25) is 0 Å². The quantitative estimate of drug-likeness (QED) is 0.640. The van der Waals surface area contributed by atoms with Crippen LogP contribution in [0.5, 0.6) is 0 Å². The van der Waals surface area contributed by atoms with Gasteiger partial charge in [0, 0.05) is 18.8 Å². The Morgan fingerprint density at radius 1 is 1.57 bits per heavy atom. The number of hydrogen-bond acceptors (Lipinski definition) is 2. The average Bonchev–Trinajstić information content (AvgIpc) is 2.72. The van der Waals surface area contributed by atoms with Crippen LogP contribution in [0, 0.1) is 0 Å². The zero-order chi connectivity index (χ0) is 9.80. The van der Waals surface area contributed by atoms with Gasteiger partial charge in [0.05, 0.1) is 0 Å². The van der Waals surface area contributed by atoms with Gasteiger partial charge in [-0.3, -0.25) is 4.79 Å². The predicted molar refractivity (Wildman–Crippen MR) is 54.2 cm³/mol. The molecule has 0 radical (unpaired) electrons. The fourth-order valence-corrected chi connectivity index (χ4v) is 1.71. The van der Waals surface area contributed by atoms with Crippen molar-refractivity contribution in [3.8, 4) is 0 Å². The van der Waals surface area contributed by atoms with Gasteiger partial charge in [-0.2, -0.15) is 0 Å². The Balaban J connectivity index is 1.87. The first-order valence-corrected chi connectivity index (χ1v) is 5.01. The van der Waals surface area contributed by atoms with Crippen LogP contribution in [-0.4, -0.2) is 30.0 Å². The molecule has 1 amide bonds. The normalized spacial score (nSPS) is 21.9. The molecule has 14 heavy (non-hydrogen) atoms. The number of carbonyl (C=O) groups excluding carboxylic acids is 1. The number of piperidine rings is 1. The molecule has 0 spiro atoms. The molecule has 0 aliphatic carbocycles. The first-order chi connectivity index (χ1) is 6.86. The summed E-state index contributed by atoms with van der Waals surface area (Å²) < 4.78 is 0. The molecule has 1 atom stereocenters. The van der Waals surface area contributed by atoms with Crippen molar-refractivity contribution in [3.63, 3.8) is 0 Å². The zero-order valence-corrected chi connectivity index (χ0v) is 8.05. The van der Waals surface area contributed by atoms with Crippen LogP contribution in [0.4, 0.5) is 0 Å². The Bertz CT molecular complexity index is 288. The maximum absolute atomic E-state index is 11.6. The van der Waals surface area contributed by atoms with E-state index in [0.717, 1.165) is 25.9 Å². The Hall–Kier alpha value is -1.29. The second kappa shape index (κ2) is 4.28. The van der Waals surface area contributed by atoms with Crippen molar-refractivity contribution in [2.75, 3.05) is 13.1 Å². The van der Waals surface area contributed by atoms with Crippen LogP contribution in [0.15, 0.2) is 18.3 Å². The molecule has 2 heterocycles. The Morgan fingerprint density at radius 3 is 3.14 bits per heavy atom. The molecule has 1 saturated heterocycles. The predicted octanol–water partition coefficient (Wildman–Crippen LogP) is 0.496. The van der Waals surface area contributed by atoms with E-state index in [1.165, 1.54) is 0 Å². The third-order valence-corrected chi connectivity index (χ3v) is 2.47. The Morgan fingerprint density at radius 2 is 2.50 bits per heavy atom. The van der Waals surface area contributed by atoms with Crippen LogP contribution in [0.1, 0.15) is 23.3 Å². The van der Waals surface area contributed by atoms with Gasteiger partial charge in [0.1, 0.15) is 5.69 Å². The van der Waals surface area contributed by atoms with E-state index < -0.39 is 0 Å². The van der Waals surface area contributed by atoms with Gasteiger partial charge < -0.3 is 15.6 Å². The molecule has 1 aromatic heterocycles. The number of rotatable bonds is 2. The van der Waals surface area contributed by atoms with Crippen molar-refractivity contribution in [2.45, 2.75) is 18.9 Å².